The molecule has 0 saturated heterocycles. The lowest BCUT2D eigenvalue weighted by Gasteiger charge is -2.24. The lowest BCUT2D eigenvalue weighted by atomic mass is 9.89. The van der Waals surface area contributed by atoms with Gasteiger partial charge in [-0.15, -0.1) is 0 Å². The second kappa shape index (κ2) is 5.50. The van der Waals surface area contributed by atoms with Crippen molar-refractivity contribution < 1.29 is 4.42 Å². The monoisotopic (exact) mass is 247 g/mol. The Morgan fingerprint density at radius 2 is 2.22 bits per heavy atom. The zero-order valence-electron chi connectivity index (χ0n) is 11.1. The first-order valence-electron chi connectivity index (χ1n) is 6.34. The van der Waals surface area contributed by atoms with Crippen molar-refractivity contribution in [1.82, 2.24) is 10.3 Å². The van der Waals surface area contributed by atoms with Gasteiger partial charge in [0.25, 0.3) is 0 Å². The van der Waals surface area contributed by atoms with Crippen molar-refractivity contribution in [3.63, 3.8) is 0 Å². The molecule has 0 atom stereocenters. The van der Waals surface area contributed by atoms with Crippen molar-refractivity contribution in [3.05, 3.63) is 30.2 Å². The molecule has 2 rings (SSSR count). The zero-order valence-corrected chi connectivity index (χ0v) is 11.1. The lowest BCUT2D eigenvalue weighted by molar-refractivity contribution is 0.319. The Bertz CT molecular complexity index is 504. The van der Waals surface area contributed by atoms with E-state index in [2.05, 4.69) is 30.2 Å². The molecule has 98 valence electrons. The van der Waals surface area contributed by atoms with E-state index in [0.29, 0.717) is 0 Å². The van der Waals surface area contributed by atoms with E-state index in [0.717, 1.165) is 37.2 Å². The molecule has 1 heterocycles. The van der Waals surface area contributed by atoms with Gasteiger partial charge in [-0.2, -0.15) is 0 Å². The minimum absolute atomic E-state index is 0.241. The molecule has 0 amide bonds. The summed E-state index contributed by atoms with van der Waals surface area (Å²) in [4.78, 5) is 4.10. The van der Waals surface area contributed by atoms with Crippen molar-refractivity contribution in [1.29, 1.82) is 0 Å². The van der Waals surface area contributed by atoms with Crippen molar-refractivity contribution >= 4 is 11.1 Å². The Morgan fingerprint density at radius 1 is 1.39 bits per heavy atom. The minimum Gasteiger partial charge on any atom is -0.443 e. The van der Waals surface area contributed by atoms with Gasteiger partial charge in [-0.05, 0) is 36.1 Å². The van der Waals surface area contributed by atoms with Gasteiger partial charge in [0.15, 0.2) is 12.0 Å². The van der Waals surface area contributed by atoms with Crippen molar-refractivity contribution in [3.8, 4) is 0 Å². The van der Waals surface area contributed by atoms with Crippen LogP contribution >= 0.6 is 0 Å². The van der Waals surface area contributed by atoms with Crippen LogP contribution in [0.4, 0.5) is 0 Å². The largest absolute Gasteiger partial charge is 0.443 e. The molecule has 0 aliphatic rings. The summed E-state index contributed by atoms with van der Waals surface area (Å²) >= 11 is 0. The van der Waals surface area contributed by atoms with Gasteiger partial charge in [-0.1, -0.05) is 19.9 Å². The van der Waals surface area contributed by atoms with Crippen LogP contribution in [0.15, 0.2) is 29.0 Å². The summed E-state index contributed by atoms with van der Waals surface area (Å²) in [5, 5.41) is 3.47. The van der Waals surface area contributed by atoms with Crippen LogP contribution < -0.4 is 11.1 Å². The Kier molecular flexibility index (Phi) is 3.99. The van der Waals surface area contributed by atoms with Gasteiger partial charge in [0.2, 0.25) is 0 Å². The van der Waals surface area contributed by atoms with Gasteiger partial charge in [0, 0.05) is 13.1 Å². The molecular formula is C14H21N3O. The smallest absolute Gasteiger partial charge is 0.181 e. The highest BCUT2D eigenvalue weighted by atomic mass is 16.3. The van der Waals surface area contributed by atoms with E-state index in [1.54, 1.807) is 0 Å². The first-order chi connectivity index (χ1) is 8.61. The summed E-state index contributed by atoms with van der Waals surface area (Å²) < 4.78 is 5.29. The van der Waals surface area contributed by atoms with E-state index < -0.39 is 0 Å². The summed E-state index contributed by atoms with van der Waals surface area (Å²) in [5.41, 5.74) is 8.80. The van der Waals surface area contributed by atoms with Gasteiger partial charge < -0.3 is 15.5 Å². The number of hydrogen-bond acceptors (Lipinski definition) is 4. The maximum Gasteiger partial charge on any atom is 0.181 e. The Morgan fingerprint density at radius 3 is 3.00 bits per heavy atom. The van der Waals surface area contributed by atoms with Crippen LogP contribution in [0.2, 0.25) is 0 Å². The molecule has 1 aromatic heterocycles. The number of aromatic nitrogens is 1. The first-order valence-corrected chi connectivity index (χ1v) is 6.34. The second-order valence-corrected chi connectivity index (χ2v) is 5.46. The van der Waals surface area contributed by atoms with Crippen LogP contribution in [-0.4, -0.2) is 18.1 Å². The normalized spacial score (nSPS) is 12.2. The van der Waals surface area contributed by atoms with E-state index in [1.165, 1.54) is 12.0 Å². The lowest BCUT2D eigenvalue weighted by Crippen LogP contribution is -2.30. The molecule has 0 unspecified atom stereocenters. The average molecular weight is 247 g/mol. The van der Waals surface area contributed by atoms with Gasteiger partial charge in [-0.25, -0.2) is 4.98 Å². The third-order valence-electron chi connectivity index (χ3n) is 3.15. The summed E-state index contributed by atoms with van der Waals surface area (Å²) in [5.74, 6) is 0. The average Bonchev–Trinajstić information content (AvgIpc) is 2.75. The number of nitrogens with two attached hydrogens (primary N) is 1. The number of fused-ring (bicyclic) bond motifs is 1. The molecule has 4 heteroatoms. The van der Waals surface area contributed by atoms with Crippen LogP contribution in [0.3, 0.4) is 0 Å². The van der Waals surface area contributed by atoms with Crippen LogP contribution in [0, 0.1) is 5.41 Å². The Balaban J connectivity index is 1.90. The third-order valence-corrected chi connectivity index (χ3v) is 3.15. The number of benzene rings is 1. The van der Waals surface area contributed by atoms with E-state index in [1.807, 2.05) is 12.1 Å². The molecule has 18 heavy (non-hydrogen) atoms. The fourth-order valence-corrected chi connectivity index (χ4v) is 2.03. The number of oxazole rings is 1. The summed E-state index contributed by atoms with van der Waals surface area (Å²) in [6, 6.07) is 6.10. The zero-order chi connectivity index (χ0) is 13.0. The maximum absolute atomic E-state index is 5.60. The molecule has 0 aliphatic carbocycles. The molecule has 0 bridgehead atoms. The van der Waals surface area contributed by atoms with E-state index in [9.17, 15) is 0 Å². The second-order valence-electron chi connectivity index (χ2n) is 5.46. The molecule has 4 nitrogen and oxygen atoms in total. The van der Waals surface area contributed by atoms with Gasteiger partial charge >= 0.3 is 0 Å². The van der Waals surface area contributed by atoms with Gasteiger partial charge in [-0.3, -0.25) is 0 Å². The van der Waals surface area contributed by atoms with E-state index in [-0.39, 0.29) is 5.41 Å². The number of hydrogen-bond donors (Lipinski definition) is 2. The minimum atomic E-state index is 0.241. The predicted molar refractivity (Wildman–Crippen MR) is 73.2 cm³/mol. The van der Waals surface area contributed by atoms with Crippen LogP contribution in [-0.2, 0) is 6.54 Å². The number of nitrogens with one attached hydrogen (secondary N) is 1. The molecule has 0 radical (unpaired) electrons. The fourth-order valence-electron chi connectivity index (χ4n) is 2.03. The van der Waals surface area contributed by atoms with Gasteiger partial charge in [0.05, 0.1) is 0 Å². The molecule has 0 aliphatic heterocycles. The molecule has 0 saturated carbocycles. The van der Waals surface area contributed by atoms with Crippen LogP contribution in [0.25, 0.3) is 11.1 Å². The van der Waals surface area contributed by atoms with Crippen molar-refractivity contribution in [2.24, 2.45) is 11.1 Å². The predicted octanol–water partition coefficient (Wildman–Crippen LogP) is 2.29. The molecule has 2 aromatic rings. The van der Waals surface area contributed by atoms with E-state index >= 15 is 0 Å². The van der Waals surface area contributed by atoms with Gasteiger partial charge in [0.1, 0.15) is 5.52 Å². The number of nitrogens with zero attached hydrogens (tertiary/aromatic N) is 1. The molecular weight excluding hydrogens is 226 g/mol. The van der Waals surface area contributed by atoms with Crippen LogP contribution in [0.5, 0.6) is 0 Å². The topological polar surface area (TPSA) is 64.1 Å². The first kappa shape index (κ1) is 13.1. The maximum atomic E-state index is 5.60. The Labute approximate surface area is 108 Å². The summed E-state index contributed by atoms with van der Waals surface area (Å²) in [6.45, 7) is 6.99. The highest BCUT2D eigenvalue weighted by molar-refractivity contribution is 5.72. The highest BCUT2D eigenvalue weighted by Gasteiger charge is 2.15. The third kappa shape index (κ3) is 3.31. The van der Waals surface area contributed by atoms with Crippen molar-refractivity contribution in [2.75, 3.05) is 13.1 Å². The van der Waals surface area contributed by atoms with E-state index in [4.69, 9.17) is 10.2 Å². The van der Waals surface area contributed by atoms with Crippen molar-refractivity contribution in [2.45, 2.75) is 26.8 Å². The highest BCUT2D eigenvalue weighted by Crippen LogP contribution is 2.18. The standard InChI is InChI=1S/C14H21N3O/c1-14(2,5-6-15)9-16-8-11-3-4-12-13(7-11)18-10-17-12/h3-4,7,10,16H,5-6,8-9,15H2,1-2H3. The molecule has 0 spiro atoms. The number of rotatable bonds is 6. The SMILES string of the molecule is CC(C)(CCN)CNCc1ccc2ncoc2c1. The molecule has 0 fully saturated rings. The Hall–Kier alpha value is -1.39. The summed E-state index contributed by atoms with van der Waals surface area (Å²) in [7, 11) is 0. The molecule has 1 aromatic carbocycles. The van der Waals surface area contributed by atoms with Crippen LogP contribution in [0.1, 0.15) is 25.8 Å². The molecule has 3 N–H and O–H groups in total. The summed E-state index contributed by atoms with van der Waals surface area (Å²) in [6.07, 6.45) is 2.51. The quantitative estimate of drug-likeness (QED) is 0.822. The fraction of sp³-hybridized carbons (Fsp3) is 0.500.